The minimum absolute atomic E-state index is 0.111. The molecule has 0 aromatic heterocycles. The first-order valence-corrected chi connectivity index (χ1v) is 10.0. The van der Waals surface area contributed by atoms with Crippen LogP contribution in [0.2, 0.25) is 0 Å². The highest BCUT2D eigenvalue weighted by atomic mass is 19.2. The van der Waals surface area contributed by atoms with E-state index in [1.807, 2.05) is 17.0 Å². The summed E-state index contributed by atoms with van der Waals surface area (Å²) in [5, 5.41) is 0. The lowest BCUT2D eigenvalue weighted by Gasteiger charge is -2.38. The lowest BCUT2D eigenvalue weighted by molar-refractivity contribution is -0.130. The topological polar surface area (TPSA) is 32.8 Å². The van der Waals surface area contributed by atoms with Crippen molar-refractivity contribution in [1.82, 2.24) is 9.80 Å². The number of benzene rings is 2. The Bertz CT molecular complexity index is 904. The number of nitrogens with zero attached hydrogens (tertiary/aromatic N) is 2. The van der Waals surface area contributed by atoms with Gasteiger partial charge in [-0.25, -0.2) is 8.78 Å². The van der Waals surface area contributed by atoms with Gasteiger partial charge in [0.05, 0.1) is 7.11 Å². The molecule has 6 heteroatoms. The Hall–Kier alpha value is -2.47. The second kappa shape index (κ2) is 8.11. The maximum atomic E-state index is 13.6. The van der Waals surface area contributed by atoms with Gasteiger partial charge in [-0.15, -0.1) is 0 Å². The number of rotatable bonds is 4. The third kappa shape index (κ3) is 3.99. The molecular weight excluding hydrogens is 374 g/mol. The second-order valence-electron chi connectivity index (χ2n) is 8.06. The SMILES string of the molecule is COc1cccc([C@H]2CN(C(C)=O)[C@@H]3CCN(Cc4ccc(F)c(F)c4)C[C@H]23)c1. The molecule has 4 nitrogen and oxygen atoms in total. The lowest BCUT2D eigenvalue weighted by atomic mass is 9.81. The summed E-state index contributed by atoms with van der Waals surface area (Å²) < 4.78 is 32.2. The van der Waals surface area contributed by atoms with E-state index >= 15 is 0 Å². The minimum atomic E-state index is -0.821. The fraction of sp³-hybridized carbons (Fsp3) is 0.435. The molecule has 2 aliphatic heterocycles. The first-order valence-electron chi connectivity index (χ1n) is 10.0. The van der Waals surface area contributed by atoms with E-state index < -0.39 is 11.6 Å². The molecule has 3 atom stereocenters. The molecular formula is C23H26F2N2O2. The van der Waals surface area contributed by atoms with Crippen LogP contribution in [0.15, 0.2) is 42.5 Å². The Morgan fingerprint density at radius 1 is 1.14 bits per heavy atom. The highest BCUT2D eigenvalue weighted by Gasteiger charge is 2.46. The van der Waals surface area contributed by atoms with E-state index in [0.29, 0.717) is 19.0 Å². The van der Waals surface area contributed by atoms with Crippen LogP contribution >= 0.6 is 0 Å². The molecule has 29 heavy (non-hydrogen) atoms. The second-order valence-corrected chi connectivity index (χ2v) is 8.06. The Balaban J connectivity index is 1.56. The van der Waals surface area contributed by atoms with E-state index in [1.165, 1.54) is 17.7 Å². The molecule has 0 bridgehead atoms. The van der Waals surface area contributed by atoms with Crippen molar-refractivity contribution in [2.75, 3.05) is 26.7 Å². The highest BCUT2D eigenvalue weighted by Crippen LogP contribution is 2.42. The smallest absolute Gasteiger partial charge is 0.219 e. The standard InChI is InChI=1S/C23H26F2N2O2/c1-15(28)27-14-19(17-4-3-5-18(11-17)29-2)20-13-26(9-8-23(20)27)12-16-6-7-21(24)22(25)10-16/h3-7,10-11,19-20,23H,8-9,12-14H2,1-2H3/t19-,20-,23-/m1/s1. The van der Waals surface area contributed by atoms with Gasteiger partial charge in [0.1, 0.15) is 5.75 Å². The number of amides is 1. The summed E-state index contributed by atoms with van der Waals surface area (Å²) in [6, 6.07) is 12.4. The highest BCUT2D eigenvalue weighted by molar-refractivity contribution is 5.74. The van der Waals surface area contributed by atoms with Crippen molar-refractivity contribution in [3.63, 3.8) is 0 Å². The first-order chi connectivity index (χ1) is 14.0. The number of carbonyl (C=O) groups is 1. The van der Waals surface area contributed by atoms with Crippen LogP contribution in [0, 0.1) is 17.6 Å². The van der Waals surface area contributed by atoms with Gasteiger partial charge < -0.3 is 9.64 Å². The number of fused-ring (bicyclic) bond motifs is 1. The van der Waals surface area contributed by atoms with E-state index in [4.69, 9.17) is 4.74 Å². The van der Waals surface area contributed by atoms with Crippen LogP contribution in [0.1, 0.15) is 30.4 Å². The Morgan fingerprint density at radius 3 is 2.69 bits per heavy atom. The van der Waals surface area contributed by atoms with E-state index in [9.17, 15) is 13.6 Å². The van der Waals surface area contributed by atoms with E-state index in [0.717, 1.165) is 30.8 Å². The molecule has 0 radical (unpaired) electrons. The number of carbonyl (C=O) groups excluding carboxylic acids is 1. The maximum absolute atomic E-state index is 13.6. The van der Waals surface area contributed by atoms with Crippen LogP contribution < -0.4 is 4.74 Å². The Morgan fingerprint density at radius 2 is 1.97 bits per heavy atom. The molecule has 2 aromatic rings. The quantitative estimate of drug-likeness (QED) is 0.783. The van der Waals surface area contributed by atoms with Crippen molar-refractivity contribution in [1.29, 1.82) is 0 Å². The minimum Gasteiger partial charge on any atom is -0.497 e. The van der Waals surface area contributed by atoms with Crippen molar-refractivity contribution < 1.29 is 18.3 Å². The molecule has 2 heterocycles. The number of hydrogen-bond acceptors (Lipinski definition) is 3. The molecule has 1 amide bonds. The summed E-state index contributed by atoms with van der Waals surface area (Å²) >= 11 is 0. The van der Waals surface area contributed by atoms with Crippen LogP contribution in [0.4, 0.5) is 8.78 Å². The predicted molar refractivity (Wildman–Crippen MR) is 107 cm³/mol. The van der Waals surface area contributed by atoms with E-state index in [2.05, 4.69) is 17.0 Å². The predicted octanol–water partition coefficient (Wildman–Crippen LogP) is 3.81. The van der Waals surface area contributed by atoms with Crippen molar-refractivity contribution in [2.45, 2.75) is 31.8 Å². The third-order valence-electron chi connectivity index (χ3n) is 6.33. The van der Waals surface area contributed by atoms with Gasteiger partial charge in [-0.3, -0.25) is 9.69 Å². The molecule has 2 saturated heterocycles. The van der Waals surface area contributed by atoms with Crippen LogP contribution in [-0.4, -0.2) is 48.5 Å². The first kappa shape index (κ1) is 19.8. The average molecular weight is 400 g/mol. The summed E-state index contributed by atoms with van der Waals surface area (Å²) in [7, 11) is 1.66. The zero-order chi connectivity index (χ0) is 20.5. The summed E-state index contributed by atoms with van der Waals surface area (Å²) in [5.41, 5.74) is 1.94. The summed E-state index contributed by atoms with van der Waals surface area (Å²) in [6.45, 7) is 4.56. The Kier molecular flexibility index (Phi) is 5.54. The Labute approximate surface area is 170 Å². The largest absolute Gasteiger partial charge is 0.497 e. The molecule has 4 rings (SSSR count). The number of likely N-dealkylation sites (tertiary alicyclic amines) is 2. The molecule has 2 fully saturated rings. The molecule has 0 spiro atoms. The van der Waals surface area contributed by atoms with Gasteiger partial charge in [-0.1, -0.05) is 18.2 Å². The average Bonchev–Trinajstić information content (AvgIpc) is 3.10. The van der Waals surface area contributed by atoms with Crippen LogP contribution in [-0.2, 0) is 11.3 Å². The van der Waals surface area contributed by atoms with Gasteiger partial charge in [0.15, 0.2) is 11.6 Å². The zero-order valence-corrected chi connectivity index (χ0v) is 16.8. The normalized spacial score (nSPS) is 24.4. The van der Waals surface area contributed by atoms with Gasteiger partial charge in [0, 0.05) is 51.0 Å². The van der Waals surface area contributed by atoms with Crippen LogP contribution in [0.5, 0.6) is 5.75 Å². The molecule has 0 aliphatic carbocycles. The van der Waals surface area contributed by atoms with Gasteiger partial charge >= 0.3 is 0 Å². The van der Waals surface area contributed by atoms with Crippen LogP contribution in [0.3, 0.4) is 0 Å². The fourth-order valence-corrected chi connectivity index (χ4v) is 4.93. The summed E-state index contributed by atoms with van der Waals surface area (Å²) in [4.78, 5) is 16.5. The van der Waals surface area contributed by atoms with Gasteiger partial charge in [-0.05, 0) is 41.8 Å². The van der Waals surface area contributed by atoms with Crippen molar-refractivity contribution in [3.8, 4) is 5.75 Å². The summed E-state index contributed by atoms with van der Waals surface area (Å²) in [5.74, 6) is -0.181. The fourth-order valence-electron chi connectivity index (χ4n) is 4.93. The number of piperidine rings is 1. The third-order valence-corrected chi connectivity index (χ3v) is 6.33. The van der Waals surface area contributed by atoms with Crippen LogP contribution in [0.25, 0.3) is 0 Å². The van der Waals surface area contributed by atoms with Crippen molar-refractivity contribution >= 4 is 5.91 Å². The zero-order valence-electron chi connectivity index (χ0n) is 16.8. The molecule has 154 valence electrons. The van der Waals surface area contributed by atoms with Crippen molar-refractivity contribution in [3.05, 3.63) is 65.2 Å². The number of hydrogen-bond donors (Lipinski definition) is 0. The monoisotopic (exact) mass is 400 g/mol. The number of halogens is 2. The molecule has 2 aromatic carbocycles. The maximum Gasteiger partial charge on any atom is 0.219 e. The van der Waals surface area contributed by atoms with Crippen molar-refractivity contribution in [2.24, 2.45) is 5.92 Å². The molecule has 0 saturated carbocycles. The molecule has 0 unspecified atom stereocenters. The van der Waals surface area contributed by atoms with E-state index in [-0.39, 0.29) is 17.9 Å². The van der Waals surface area contributed by atoms with Gasteiger partial charge in [0.2, 0.25) is 5.91 Å². The molecule has 0 N–H and O–H groups in total. The number of methoxy groups -OCH3 is 1. The van der Waals surface area contributed by atoms with E-state index in [1.54, 1.807) is 20.1 Å². The summed E-state index contributed by atoms with van der Waals surface area (Å²) in [6.07, 6.45) is 0.883. The lowest BCUT2D eigenvalue weighted by Crippen LogP contribution is -2.47. The van der Waals surface area contributed by atoms with Gasteiger partial charge in [-0.2, -0.15) is 0 Å². The van der Waals surface area contributed by atoms with Gasteiger partial charge in [0.25, 0.3) is 0 Å². The number of ether oxygens (including phenoxy) is 1. The molecule has 2 aliphatic rings.